The van der Waals surface area contributed by atoms with Crippen LogP contribution >= 0.6 is 11.3 Å². The molecule has 0 fully saturated rings. The number of hydrogen-bond donors (Lipinski definition) is 1. The summed E-state index contributed by atoms with van der Waals surface area (Å²) in [4.78, 5) is 8.04. The van der Waals surface area contributed by atoms with E-state index in [-0.39, 0.29) is 0 Å². The van der Waals surface area contributed by atoms with Crippen molar-refractivity contribution in [3.63, 3.8) is 0 Å². The summed E-state index contributed by atoms with van der Waals surface area (Å²) >= 11 is 1.51. The topological polar surface area (TPSA) is 52.0 Å². The lowest BCUT2D eigenvalue weighted by Crippen LogP contribution is -2.12. The molecule has 0 aliphatic rings. The van der Waals surface area contributed by atoms with Gasteiger partial charge in [-0.2, -0.15) is 5.26 Å². The number of pyridine rings is 1. The molecule has 0 unspecified atom stereocenters. The van der Waals surface area contributed by atoms with Gasteiger partial charge in [-0.1, -0.05) is 0 Å². The van der Waals surface area contributed by atoms with E-state index in [0.29, 0.717) is 6.54 Å². The summed E-state index contributed by atoms with van der Waals surface area (Å²) < 4.78 is 0. The van der Waals surface area contributed by atoms with Crippen molar-refractivity contribution in [2.24, 2.45) is 0 Å². The lowest BCUT2D eigenvalue weighted by atomic mass is 10.3. The second-order valence-corrected chi connectivity index (χ2v) is 5.19. The minimum Gasteiger partial charge on any atom is -0.377 e. The first-order valence-electron chi connectivity index (χ1n) is 5.54. The van der Waals surface area contributed by atoms with Crippen LogP contribution in [0.3, 0.4) is 0 Å². The van der Waals surface area contributed by atoms with Crippen molar-refractivity contribution in [2.75, 3.05) is 24.3 Å². The number of aromatic nitrogens is 1. The molecule has 0 radical (unpaired) electrons. The van der Waals surface area contributed by atoms with Gasteiger partial charge in [0, 0.05) is 31.7 Å². The van der Waals surface area contributed by atoms with Gasteiger partial charge in [0.05, 0.1) is 17.6 Å². The average molecular weight is 258 g/mol. The van der Waals surface area contributed by atoms with Gasteiger partial charge in [0.15, 0.2) is 0 Å². The first kappa shape index (κ1) is 12.4. The van der Waals surface area contributed by atoms with E-state index in [2.05, 4.69) is 16.4 Å². The Hall–Kier alpha value is -2.06. The molecule has 2 aromatic heterocycles. The number of rotatable bonds is 4. The molecule has 2 aromatic rings. The molecule has 0 aliphatic heterocycles. The van der Waals surface area contributed by atoms with E-state index in [4.69, 9.17) is 5.26 Å². The summed E-state index contributed by atoms with van der Waals surface area (Å²) in [5.41, 5.74) is 2.09. The van der Waals surface area contributed by atoms with E-state index in [9.17, 15) is 0 Å². The maximum atomic E-state index is 8.78. The molecule has 0 spiro atoms. The SMILES string of the molecule is CN(C)c1ccncc1NCc1ccc(C#N)s1. The third kappa shape index (κ3) is 2.79. The van der Waals surface area contributed by atoms with Gasteiger partial charge in [-0.25, -0.2) is 0 Å². The van der Waals surface area contributed by atoms with Crippen molar-refractivity contribution in [2.45, 2.75) is 6.54 Å². The maximum Gasteiger partial charge on any atom is 0.110 e. The summed E-state index contributed by atoms with van der Waals surface area (Å²) in [7, 11) is 4.00. The van der Waals surface area contributed by atoms with Crippen LogP contribution in [-0.4, -0.2) is 19.1 Å². The van der Waals surface area contributed by atoms with Crippen LogP contribution in [0.4, 0.5) is 11.4 Å². The first-order valence-corrected chi connectivity index (χ1v) is 6.36. The zero-order chi connectivity index (χ0) is 13.0. The van der Waals surface area contributed by atoms with E-state index < -0.39 is 0 Å². The normalized spacial score (nSPS) is 9.83. The van der Waals surface area contributed by atoms with E-state index in [1.807, 2.05) is 43.4 Å². The zero-order valence-electron chi connectivity index (χ0n) is 10.3. The van der Waals surface area contributed by atoms with Gasteiger partial charge in [0.2, 0.25) is 0 Å². The summed E-state index contributed by atoms with van der Waals surface area (Å²) in [6, 6.07) is 7.93. The monoisotopic (exact) mass is 258 g/mol. The third-order valence-corrected chi connectivity index (χ3v) is 3.49. The molecule has 1 N–H and O–H groups in total. The van der Waals surface area contributed by atoms with Crippen molar-refractivity contribution in [1.82, 2.24) is 4.98 Å². The summed E-state index contributed by atoms with van der Waals surface area (Å²) in [6.07, 6.45) is 3.59. The minimum absolute atomic E-state index is 0.707. The van der Waals surface area contributed by atoms with Crippen molar-refractivity contribution >= 4 is 22.7 Å². The Kier molecular flexibility index (Phi) is 3.80. The number of hydrogen-bond acceptors (Lipinski definition) is 5. The predicted octanol–water partition coefficient (Wildman–Crippen LogP) is 2.69. The maximum absolute atomic E-state index is 8.78. The Balaban J connectivity index is 2.08. The molecule has 0 saturated carbocycles. The molecule has 0 saturated heterocycles. The van der Waals surface area contributed by atoms with Gasteiger partial charge in [-0.15, -0.1) is 11.3 Å². The summed E-state index contributed by atoms with van der Waals surface area (Å²) in [6.45, 7) is 0.707. The fourth-order valence-electron chi connectivity index (χ4n) is 1.63. The van der Waals surface area contributed by atoms with Crippen molar-refractivity contribution in [1.29, 1.82) is 5.26 Å². The van der Waals surface area contributed by atoms with Gasteiger partial charge in [0.1, 0.15) is 10.9 Å². The average Bonchev–Trinajstić information content (AvgIpc) is 2.84. The highest BCUT2D eigenvalue weighted by atomic mass is 32.1. The molecule has 0 atom stereocenters. The number of nitriles is 1. The van der Waals surface area contributed by atoms with E-state index in [1.54, 1.807) is 6.20 Å². The molecular weight excluding hydrogens is 244 g/mol. The lowest BCUT2D eigenvalue weighted by molar-refractivity contribution is 1.10. The van der Waals surface area contributed by atoms with E-state index >= 15 is 0 Å². The van der Waals surface area contributed by atoms with Crippen LogP contribution in [0.2, 0.25) is 0 Å². The lowest BCUT2D eigenvalue weighted by Gasteiger charge is -2.17. The van der Waals surface area contributed by atoms with E-state index in [1.165, 1.54) is 11.3 Å². The largest absolute Gasteiger partial charge is 0.377 e. The first-order chi connectivity index (χ1) is 8.70. The highest BCUT2D eigenvalue weighted by Gasteiger charge is 2.05. The Labute approximate surface area is 111 Å². The number of nitrogens with zero attached hydrogens (tertiary/aromatic N) is 3. The fraction of sp³-hybridized carbons (Fsp3) is 0.231. The number of nitrogens with one attached hydrogen (secondary N) is 1. The molecule has 18 heavy (non-hydrogen) atoms. The van der Waals surface area contributed by atoms with Crippen LogP contribution in [-0.2, 0) is 6.54 Å². The summed E-state index contributed by atoms with van der Waals surface area (Å²) in [5.74, 6) is 0. The molecule has 0 aliphatic carbocycles. The van der Waals surface area contributed by atoms with Crippen LogP contribution in [0.5, 0.6) is 0 Å². The second-order valence-electron chi connectivity index (χ2n) is 4.02. The number of anilines is 2. The summed E-state index contributed by atoms with van der Waals surface area (Å²) in [5, 5.41) is 12.1. The van der Waals surface area contributed by atoms with Crippen LogP contribution in [0.25, 0.3) is 0 Å². The molecule has 5 heteroatoms. The van der Waals surface area contributed by atoms with Crippen molar-refractivity contribution in [3.8, 4) is 6.07 Å². The van der Waals surface area contributed by atoms with Gasteiger partial charge >= 0.3 is 0 Å². The van der Waals surface area contributed by atoms with Gasteiger partial charge in [-0.05, 0) is 18.2 Å². The van der Waals surface area contributed by atoms with Crippen LogP contribution in [0.15, 0.2) is 30.6 Å². The smallest absolute Gasteiger partial charge is 0.110 e. The standard InChI is InChI=1S/C13H14N4S/c1-17(2)13-5-6-15-9-12(13)16-8-11-4-3-10(7-14)18-11/h3-6,9,16H,8H2,1-2H3. The third-order valence-electron chi connectivity index (χ3n) is 2.50. The van der Waals surface area contributed by atoms with Crippen LogP contribution < -0.4 is 10.2 Å². The van der Waals surface area contributed by atoms with Crippen molar-refractivity contribution in [3.05, 3.63) is 40.3 Å². The highest BCUT2D eigenvalue weighted by molar-refractivity contribution is 7.12. The molecule has 0 aromatic carbocycles. The van der Waals surface area contributed by atoms with Crippen molar-refractivity contribution < 1.29 is 0 Å². The molecule has 0 amide bonds. The Morgan fingerprint density at radius 2 is 2.22 bits per heavy atom. The van der Waals surface area contributed by atoms with Gasteiger partial charge in [0.25, 0.3) is 0 Å². The molecular formula is C13H14N4S. The van der Waals surface area contributed by atoms with Gasteiger partial charge < -0.3 is 10.2 Å². The molecule has 0 bridgehead atoms. The molecule has 4 nitrogen and oxygen atoms in total. The van der Waals surface area contributed by atoms with E-state index in [0.717, 1.165) is 21.1 Å². The molecule has 2 heterocycles. The Morgan fingerprint density at radius 1 is 1.39 bits per heavy atom. The Morgan fingerprint density at radius 3 is 2.89 bits per heavy atom. The highest BCUT2D eigenvalue weighted by Crippen LogP contribution is 2.24. The van der Waals surface area contributed by atoms with Crippen LogP contribution in [0.1, 0.15) is 9.75 Å². The molecule has 92 valence electrons. The Bertz CT molecular complexity index is 568. The predicted molar refractivity (Wildman–Crippen MR) is 74.9 cm³/mol. The molecule has 2 rings (SSSR count). The number of thiophene rings is 1. The minimum atomic E-state index is 0.707. The second kappa shape index (κ2) is 5.52. The van der Waals surface area contributed by atoms with Gasteiger partial charge in [-0.3, -0.25) is 4.98 Å². The zero-order valence-corrected chi connectivity index (χ0v) is 11.2. The fourth-order valence-corrected chi connectivity index (χ4v) is 2.37. The quantitative estimate of drug-likeness (QED) is 0.916. The van der Waals surface area contributed by atoms with Crippen LogP contribution in [0, 0.1) is 11.3 Å².